The molecule has 0 bridgehead atoms. The molecule has 0 spiro atoms. The minimum atomic E-state index is -5.01. The van der Waals surface area contributed by atoms with Crippen molar-refractivity contribution >= 4 is 0 Å². The lowest BCUT2D eigenvalue weighted by Gasteiger charge is -2.27. The lowest BCUT2D eigenvalue weighted by atomic mass is 9.78. The molecule has 0 atom stereocenters. The summed E-state index contributed by atoms with van der Waals surface area (Å²) in [4.78, 5) is 0. The SMILES string of the molecule is CCCC=CC1CCC(c2cc(F)c(C(F)(F)F)c(F)c2)CC1. The van der Waals surface area contributed by atoms with Crippen LogP contribution in [0.25, 0.3) is 0 Å². The maximum atomic E-state index is 13.7. The number of hydrogen-bond donors (Lipinski definition) is 0. The molecule has 1 aromatic rings. The van der Waals surface area contributed by atoms with Gasteiger partial charge >= 0.3 is 6.18 Å². The Morgan fingerprint density at radius 1 is 1.04 bits per heavy atom. The van der Waals surface area contributed by atoms with Gasteiger partial charge in [0.25, 0.3) is 0 Å². The van der Waals surface area contributed by atoms with Crippen molar-refractivity contribution in [1.29, 1.82) is 0 Å². The quantitative estimate of drug-likeness (QED) is 0.430. The number of alkyl halides is 3. The second-order valence-electron chi connectivity index (χ2n) is 6.19. The van der Waals surface area contributed by atoms with Crippen LogP contribution in [-0.2, 0) is 6.18 Å². The molecule has 2 rings (SSSR count). The lowest BCUT2D eigenvalue weighted by molar-refractivity contribution is -0.142. The van der Waals surface area contributed by atoms with Gasteiger partial charge in [-0.05, 0) is 61.6 Å². The molecule has 0 saturated heterocycles. The summed E-state index contributed by atoms with van der Waals surface area (Å²) in [5.74, 6) is -2.64. The highest BCUT2D eigenvalue weighted by Crippen LogP contribution is 2.39. The van der Waals surface area contributed by atoms with E-state index in [9.17, 15) is 22.0 Å². The highest BCUT2D eigenvalue weighted by atomic mass is 19.4. The number of rotatable bonds is 4. The minimum absolute atomic E-state index is 0.0721. The molecule has 0 amide bonds. The van der Waals surface area contributed by atoms with Crippen LogP contribution in [0.1, 0.15) is 62.5 Å². The predicted molar refractivity (Wildman–Crippen MR) is 80.1 cm³/mol. The molecule has 1 aliphatic carbocycles. The summed E-state index contributed by atoms with van der Waals surface area (Å²) in [6.45, 7) is 2.11. The molecule has 23 heavy (non-hydrogen) atoms. The molecule has 0 aromatic heterocycles. The van der Waals surface area contributed by atoms with Crippen molar-refractivity contribution in [2.75, 3.05) is 0 Å². The fraction of sp³-hybridized carbons (Fsp3) is 0.556. The number of allylic oxidation sites excluding steroid dienone is 2. The molecule has 1 saturated carbocycles. The Bertz CT molecular complexity index is 528. The summed E-state index contributed by atoms with van der Waals surface area (Å²) >= 11 is 0. The molecule has 5 heteroatoms. The first kappa shape index (κ1) is 18.0. The zero-order chi connectivity index (χ0) is 17.0. The molecule has 0 unspecified atom stereocenters. The highest BCUT2D eigenvalue weighted by molar-refractivity contribution is 5.30. The third-order valence-corrected chi connectivity index (χ3v) is 4.45. The van der Waals surface area contributed by atoms with Crippen LogP contribution >= 0.6 is 0 Å². The van der Waals surface area contributed by atoms with E-state index in [0.29, 0.717) is 11.5 Å². The summed E-state index contributed by atoms with van der Waals surface area (Å²) < 4.78 is 65.1. The topological polar surface area (TPSA) is 0 Å². The minimum Gasteiger partial charge on any atom is -0.206 e. The molecular weight excluding hydrogens is 311 g/mol. The molecule has 128 valence electrons. The van der Waals surface area contributed by atoms with Crippen molar-refractivity contribution < 1.29 is 22.0 Å². The molecule has 0 radical (unpaired) electrons. The maximum Gasteiger partial charge on any atom is 0.422 e. The van der Waals surface area contributed by atoms with E-state index in [1.807, 2.05) is 0 Å². The fourth-order valence-electron chi connectivity index (χ4n) is 3.20. The fourth-order valence-corrected chi connectivity index (χ4v) is 3.20. The summed E-state index contributed by atoms with van der Waals surface area (Å²) in [6.07, 6.45) is 4.75. The van der Waals surface area contributed by atoms with Crippen molar-refractivity contribution in [2.24, 2.45) is 5.92 Å². The molecule has 0 nitrogen and oxygen atoms in total. The van der Waals surface area contributed by atoms with Crippen molar-refractivity contribution in [3.05, 3.63) is 47.0 Å². The first-order valence-corrected chi connectivity index (χ1v) is 8.05. The van der Waals surface area contributed by atoms with Crippen LogP contribution in [0.2, 0.25) is 0 Å². The highest BCUT2D eigenvalue weighted by Gasteiger charge is 2.38. The second-order valence-corrected chi connectivity index (χ2v) is 6.19. The zero-order valence-electron chi connectivity index (χ0n) is 13.1. The van der Waals surface area contributed by atoms with Crippen LogP contribution in [0.3, 0.4) is 0 Å². The van der Waals surface area contributed by atoms with E-state index in [1.54, 1.807) is 0 Å². The van der Waals surface area contributed by atoms with Gasteiger partial charge in [0, 0.05) is 0 Å². The summed E-state index contributed by atoms with van der Waals surface area (Å²) in [7, 11) is 0. The van der Waals surface area contributed by atoms with Gasteiger partial charge < -0.3 is 0 Å². The first-order chi connectivity index (χ1) is 10.8. The van der Waals surface area contributed by atoms with Gasteiger partial charge in [-0.3, -0.25) is 0 Å². The monoisotopic (exact) mass is 332 g/mol. The van der Waals surface area contributed by atoms with Crippen LogP contribution < -0.4 is 0 Å². The zero-order valence-corrected chi connectivity index (χ0v) is 13.1. The molecule has 1 aliphatic rings. The Morgan fingerprint density at radius 3 is 2.09 bits per heavy atom. The van der Waals surface area contributed by atoms with Gasteiger partial charge in [0.2, 0.25) is 0 Å². The Labute approximate surface area is 133 Å². The van der Waals surface area contributed by atoms with E-state index in [2.05, 4.69) is 19.1 Å². The van der Waals surface area contributed by atoms with Gasteiger partial charge in [0.15, 0.2) is 0 Å². The van der Waals surface area contributed by atoms with Gasteiger partial charge in [-0.1, -0.05) is 25.5 Å². The van der Waals surface area contributed by atoms with Gasteiger partial charge in [-0.25, -0.2) is 8.78 Å². The summed E-state index contributed by atoms with van der Waals surface area (Å²) in [6, 6.07) is 1.70. The number of unbranched alkanes of at least 4 members (excludes halogenated alkanes) is 1. The van der Waals surface area contributed by atoms with E-state index < -0.39 is 23.4 Å². The first-order valence-electron chi connectivity index (χ1n) is 8.05. The van der Waals surface area contributed by atoms with Crippen molar-refractivity contribution in [3.63, 3.8) is 0 Å². The molecule has 0 aliphatic heterocycles. The average Bonchev–Trinajstić information content (AvgIpc) is 2.46. The van der Waals surface area contributed by atoms with Gasteiger partial charge in [-0.2, -0.15) is 13.2 Å². The Hall–Kier alpha value is -1.39. The predicted octanol–water partition coefficient (Wildman–Crippen LogP) is 6.61. The molecule has 1 aromatic carbocycles. The van der Waals surface area contributed by atoms with Crippen molar-refractivity contribution in [2.45, 2.75) is 57.5 Å². The standard InChI is InChI=1S/C18H21F5/c1-2-3-4-5-12-6-8-13(9-7-12)14-10-15(19)17(16(20)11-14)18(21,22)23/h4-5,10-13H,2-3,6-9H2,1H3. The number of benzene rings is 1. The van der Waals surface area contributed by atoms with Gasteiger partial charge in [-0.15, -0.1) is 0 Å². The van der Waals surface area contributed by atoms with Gasteiger partial charge in [0.1, 0.15) is 17.2 Å². The third-order valence-electron chi connectivity index (χ3n) is 4.45. The Balaban J connectivity index is 2.07. The molecule has 0 N–H and O–H groups in total. The average molecular weight is 332 g/mol. The van der Waals surface area contributed by atoms with Crippen molar-refractivity contribution in [1.82, 2.24) is 0 Å². The largest absolute Gasteiger partial charge is 0.422 e. The van der Waals surface area contributed by atoms with Crippen LogP contribution in [0.5, 0.6) is 0 Å². The van der Waals surface area contributed by atoms with Crippen LogP contribution in [0, 0.1) is 17.6 Å². The van der Waals surface area contributed by atoms with Crippen LogP contribution in [0.4, 0.5) is 22.0 Å². The summed E-state index contributed by atoms with van der Waals surface area (Å²) in [5.41, 5.74) is -1.46. The van der Waals surface area contributed by atoms with Crippen LogP contribution in [0.15, 0.2) is 24.3 Å². The smallest absolute Gasteiger partial charge is 0.206 e. The molecule has 0 heterocycles. The lowest BCUT2D eigenvalue weighted by Crippen LogP contribution is -2.15. The molecule has 1 fully saturated rings. The molecular formula is C18H21F5. The van der Waals surface area contributed by atoms with E-state index in [0.717, 1.165) is 50.7 Å². The third kappa shape index (κ3) is 4.55. The van der Waals surface area contributed by atoms with E-state index in [4.69, 9.17) is 0 Å². The number of halogens is 5. The van der Waals surface area contributed by atoms with Gasteiger partial charge in [0.05, 0.1) is 0 Å². The second kappa shape index (κ2) is 7.45. The van der Waals surface area contributed by atoms with E-state index >= 15 is 0 Å². The number of hydrogen-bond acceptors (Lipinski definition) is 0. The van der Waals surface area contributed by atoms with E-state index in [-0.39, 0.29) is 5.92 Å². The normalized spacial score (nSPS) is 22.7. The van der Waals surface area contributed by atoms with Crippen LogP contribution in [-0.4, -0.2) is 0 Å². The summed E-state index contributed by atoms with van der Waals surface area (Å²) in [5, 5.41) is 0. The Kier molecular flexibility index (Phi) is 5.82. The van der Waals surface area contributed by atoms with Crippen molar-refractivity contribution in [3.8, 4) is 0 Å². The maximum absolute atomic E-state index is 13.7. The Morgan fingerprint density at radius 2 is 1.61 bits per heavy atom. The van der Waals surface area contributed by atoms with E-state index in [1.165, 1.54) is 0 Å².